The fourth-order valence-corrected chi connectivity index (χ4v) is 2.94. The third kappa shape index (κ3) is 3.01. The van der Waals surface area contributed by atoms with Gasteiger partial charge in [-0.25, -0.2) is 9.37 Å². The summed E-state index contributed by atoms with van der Waals surface area (Å²) >= 11 is 1.23. The topological polar surface area (TPSA) is 53.8 Å². The van der Waals surface area contributed by atoms with E-state index in [0.717, 1.165) is 5.56 Å². The van der Waals surface area contributed by atoms with E-state index in [0.29, 0.717) is 10.7 Å². The summed E-state index contributed by atoms with van der Waals surface area (Å²) in [4.78, 5) is 16.8. The van der Waals surface area contributed by atoms with Crippen molar-refractivity contribution in [1.82, 2.24) is 4.98 Å². The predicted octanol–water partition coefficient (Wildman–Crippen LogP) is 4.46. The number of aromatic nitrogens is 1. The van der Waals surface area contributed by atoms with Crippen LogP contribution in [0.4, 0.5) is 4.39 Å². The second-order valence-electron chi connectivity index (χ2n) is 4.71. The monoisotopic (exact) mass is 322 g/mol. The number of carbonyl (C=O) groups excluding carboxylic acids is 1. The van der Waals surface area contributed by atoms with Gasteiger partial charge in [-0.2, -0.15) is 0 Å². The molecule has 0 fully saturated rings. The number of allylic oxidation sites excluding steroid dienone is 1. The van der Waals surface area contributed by atoms with Gasteiger partial charge in [0.05, 0.1) is 11.3 Å². The van der Waals surface area contributed by atoms with Crippen molar-refractivity contribution in [1.29, 1.82) is 5.41 Å². The van der Waals surface area contributed by atoms with E-state index in [4.69, 9.17) is 5.41 Å². The van der Waals surface area contributed by atoms with Crippen LogP contribution < -0.4 is 0 Å². The molecule has 1 N–H and O–H groups in total. The lowest BCUT2D eigenvalue weighted by Crippen LogP contribution is -2.05. The second kappa shape index (κ2) is 6.48. The quantitative estimate of drug-likeness (QED) is 0.438. The van der Waals surface area contributed by atoms with Gasteiger partial charge in [0.2, 0.25) is 5.78 Å². The molecule has 1 heterocycles. The van der Waals surface area contributed by atoms with E-state index in [-0.39, 0.29) is 11.1 Å². The number of halogens is 1. The van der Waals surface area contributed by atoms with Gasteiger partial charge < -0.3 is 0 Å². The van der Waals surface area contributed by atoms with E-state index in [1.807, 2.05) is 30.3 Å². The van der Waals surface area contributed by atoms with E-state index < -0.39 is 11.6 Å². The first-order valence-corrected chi connectivity index (χ1v) is 7.69. The third-order valence-corrected chi connectivity index (χ3v) is 4.12. The minimum absolute atomic E-state index is 0.0396. The van der Waals surface area contributed by atoms with Crippen LogP contribution in [0.25, 0.3) is 16.8 Å². The van der Waals surface area contributed by atoms with Gasteiger partial charge in [0.25, 0.3) is 0 Å². The molecule has 3 aromatic rings. The zero-order valence-electron chi connectivity index (χ0n) is 11.9. The summed E-state index contributed by atoms with van der Waals surface area (Å²) in [6.45, 7) is 0. The molecule has 0 radical (unpaired) electrons. The molecule has 3 nitrogen and oxygen atoms in total. The lowest BCUT2D eigenvalue weighted by atomic mass is 10.0. The van der Waals surface area contributed by atoms with E-state index in [2.05, 4.69) is 10.9 Å². The number of thiazole rings is 1. The highest BCUT2D eigenvalue weighted by atomic mass is 32.1. The second-order valence-corrected chi connectivity index (χ2v) is 5.57. The number of Topliss-reactive ketones (excluding diaryl/α,β-unsaturated/α-hetero) is 1. The van der Waals surface area contributed by atoms with Crippen molar-refractivity contribution in [2.24, 2.45) is 0 Å². The van der Waals surface area contributed by atoms with Crippen LogP contribution in [0, 0.1) is 11.2 Å². The fraction of sp³-hybridized carbons (Fsp3) is 0. The maximum absolute atomic E-state index is 13.8. The molecule has 112 valence electrons. The number of rotatable bonds is 4. The number of benzene rings is 2. The average Bonchev–Trinajstić information content (AvgIpc) is 3.06. The van der Waals surface area contributed by atoms with Crippen LogP contribution in [-0.2, 0) is 0 Å². The molecule has 0 atom stereocenters. The largest absolute Gasteiger partial charge is 0.288 e. The van der Waals surface area contributed by atoms with E-state index in [9.17, 15) is 9.18 Å². The van der Waals surface area contributed by atoms with Crippen LogP contribution in [0.5, 0.6) is 0 Å². The number of carbonyl (C=O) groups is 1. The molecule has 5 heteroatoms. The van der Waals surface area contributed by atoms with Gasteiger partial charge in [-0.3, -0.25) is 10.2 Å². The Bertz CT molecular complexity index is 912. The maximum atomic E-state index is 13.8. The summed E-state index contributed by atoms with van der Waals surface area (Å²) in [5, 5.41) is 9.55. The highest BCUT2D eigenvalue weighted by molar-refractivity contribution is 7.11. The SMILES string of the molecule is N=C=C(C(=O)c1ccccc1F)c1nc(-c2ccccc2)cs1. The van der Waals surface area contributed by atoms with Crippen molar-refractivity contribution >= 4 is 28.6 Å². The average molecular weight is 322 g/mol. The van der Waals surface area contributed by atoms with Crippen LogP contribution in [0.2, 0.25) is 0 Å². The summed E-state index contributed by atoms with van der Waals surface area (Å²) in [5.74, 6) is 0.896. The summed E-state index contributed by atoms with van der Waals surface area (Å²) < 4.78 is 13.8. The zero-order valence-corrected chi connectivity index (χ0v) is 12.7. The smallest absolute Gasteiger partial charge is 0.208 e. The molecule has 0 aliphatic rings. The van der Waals surface area contributed by atoms with Crippen molar-refractivity contribution in [3.05, 3.63) is 76.4 Å². The van der Waals surface area contributed by atoms with Crippen LogP contribution in [0.3, 0.4) is 0 Å². The van der Waals surface area contributed by atoms with Crippen molar-refractivity contribution in [3.63, 3.8) is 0 Å². The van der Waals surface area contributed by atoms with E-state index in [1.165, 1.54) is 29.5 Å². The Hall–Kier alpha value is -2.88. The van der Waals surface area contributed by atoms with Crippen molar-refractivity contribution in [2.45, 2.75) is 0 Å². The Kier molecular flexibility index (Phi) is 4.24. The van der Waals surface area contributed by atoms with Gasteiger partial charge in [0.15, 0.2) is 0 Å². The molecule has 0 saturated carbocycles. The number of nitrogens with zero attached hydrogens (tertiary/aromatic N) is 1. The van der Waals surface area contributed by atoms with E-state index >= 15 is 0 Å². The summed E-state index contributed by atoms with van der Waals surface area (Å²) in [6, 6.07) is 15.2. The van der Waals surface area contributed by atoms with Crippen molar-refractivity contribution < 1.29 is 9.18 Å². The molecule has 1 aromatic heterocycles. The van der Waals surface area contributed by atoms with Crippen molar-refractivity contribution in [2.75, 3.05) is 0 Å². The Morgan fingerprint density at radius 3 is 2.48 bits per heavy atom. The van der Waals surface area contributed by atoms with Gasteiger partial charge in [0, 0.05) is 10.9 Å². The molecule has 0 saturated heterocycles. The van der Waals surface area contributed by atoms with Gasteiger partial charge in [-0.05, 0) is 18.0 Å². The maximum Gasteiger partial charge on any atom is 0.208 e. The van der Waals surface area contributed by atoms with Crippen LogP contribution >= 0.6 is 11.3 Å². The van der Waals surface area contributed by atoms with Gasteiger partial charge >= 0.3 is 0 Å². The van der Waals surface area contributed by atoms with Crippen molar-refractivity contribution in [3.8, 4) is 11.3 Å². The minimum atomic E-state index is -0.620. The molecule has 0 spiro atoms. The highest BCUT2D eigenvalue weighted by Gasteiger charge is 2.20. The molecule has 0 aliphatic heterocycles. The minimum Gasteiger partial charge on any atom is -0.288 e. The summed E-state index contributed by atoms with van der Waals surface area (Å²) in [6.07, 6.45) is 0. The first-order valence-electron chi connectivity index (χ1n) is 6.81. The Morgan fingerprint density at radius 1 is 1.09 bits per heavy atom. The molecule has 0 unspecified atom stereocenters. The lowest BCUT2D eigenvalue weighted by molar-refractivity contribution is 0.105. The van der Waals surface area contributed by atoms with Gasteiger partial charge in [0.1, 0.15) is 16.4 Å². The fourth-order valence-electron chi connectivity index (χ4n) is 2.12. The summed E-state index contributed by atoms with van der Waals surface area (Å²) in [5.41, 5.74) is 1.50. The van der Waals surface area contributed by atoms with Crippen LogP contribution in [0.15, 0.2) is 60.0 Å². The zero-order chi connectivity index (χ0) is 16.2. The molecule has 23 heavy (non-hydrogen) atoms. The van der Waals surface area contributed by atoms with Crippen LogP contribution in [-0.4, -0.2) is 16.6 Å². The Morgan fingerprint density at radius 2 is 1.78 bits per heavy atom. The summed E-state index contributed by atoms with van der Waals surface area (Å²) in [7, 11) is 0. The first kappa shape index (κ1) is 15.0. The van der Waals surface area contributed by atoms with Crippen LogP contribution in [0.1, 0.15) is 15.4 Å². The standard InChI is InChI=1S/C18H11FN2OS/c19-15-9-5-4-8-13(15)17(22)14(10-20)18-21-16(11-23-18)12-6-2-1-3-7-12/h1-9,11,20H. The molecule has 0 aliphatic carbocycles. The van der Waals surface area contributed by atoms with Gasteiger partial charge in [-0.1, -0.05) is 42.5 Å². The lowest BCUT2D eigenvalue weighted by Gasteiger charge is -2.02. The Balaban J connectivity index is 1.97. The normalized spacial score (nSPS) is 10.1. The predicted molar refractivity (Wildman–Crippen MR) is 89.4 cm³/mol. The molecular weight excluding hydrogens is 311 g/mol. The Labute approximate surface area is 136 Å². The molecule has 0 amide bonds. The number of ketones is 1. The first-order chi connectivity index (χ1) is 11.2. The molecule has 3 rings (SSSR count). The molecular formula is C18H11FN2OS. The number of nitrogens with one attached hydrogen (secondary N) is 1. The highest BCUT2D eigenvalue weighted by Crippen LogP contribution is 2.27. The van der Waals surface area contributed by atoms with Gasteiger partial charge in [-0.15, -0.1) is 11.3 Å². The van der Waals surface area contributed by atoms with E-state index in [1.54, 1.807) is 11.4 Å². The molecule has 2 aromatic carbocycles. The third-order valence-electron chi connectivity index (χ3n) is 3.26. The number of hydrogen-bond donors (Lipinski definition) is 1. The molecule has 0 bridgehead atoms. The number of hydrogen-bond acceptors (Lipinski definition) is 4.